The van der Waals surface area contributed by atoms with Gasteiger partial charge in [0.1, 0.15) is 11.6 Å². The van der Waals surface area contributed by atoms with E-state index in [0.29, 0.717) is 5.92 Å². The van der Waals surface area contributed by atoms with Crippen LogP contribution in [0, 0.1) is 5.82 Å². The Morgan fingerprint density at radius 1 is 1.10 bits per heavy atom. The highest BCUT2D eigenvalue weighted by Crippen LogP contribution is 2.32. The van der Waals surface area contributed by atoms with Crippen LogP contribution in [0.15, 0.2) is 30.5 Å². The standard InChI is InChI=1S/C22H27FN6/c1-27-9-5-16(6-10-27)21-25-26-22(28(21)2)29-11-7-15(8-12-29)19-14-24-20-13-17(23)3-4-18(19)20/h3-4,7,13-14,16,24H,5-6,8-12H2,1-2H3. The maximum absolute atomic E-state index is 13.5. The summed E-state index contributed by atoms with van der Waals surface area (Å²) < 4.78 is 15.6. The summed E-state index contributed by atoms with van der Waals surface area (Å²) >= 11 is 0. The molecule has 0 saturated carbocycles. The zero-order chi connectivity index (χ0) is 20.0. The van der Waals surface area contributed by atoms with Crippen molar-refractivity contribution in [2.75, 3.05) is 38.1 Å². The Morgan fingerprint density at radius 2 is 1.93 bits per heavy atom. The quantitative estimate of drug-likeness (QED) is 0.738. The maximum atomic E-state index is 13.5. The zero-order valence-electron chi connectivity index (χ0n) is 17.0. The van der Waals surface area contributed by atoms with Crippen LogP contribution in [0.3, 0.4) is 0 Å². The second kappa shape index (κ2) is 7.30. The number of H-pyrrole nitrogens is 1. The number of nitrogens with zero attached hydrogens (tertiary/aromatic N) is 5. The SMILES string of the molecule is CN1CCC(c2nnc(N3CC=C(c4c[nH]c5cc(F)ccc45)CC3)n2C)CC1. The van der Waals surface area contributed by atoms with E-state index >= 15 is 0 Å². The largest absolute Gasteiger partial charge is 0.360 e. The van der Waals surface area contributed by atoms with Crippen molar-refractivity contribution in [3.63, 3.8) is 0 Å². The number of anilines is 1. The van der Waals surface area contributed by atoms with Crippen molar-refractivity contribution in [3.05, 3.63) is 47.7 Å². The van der Waals surface area contributed by atoms with Gasteiger partial charge in [-0.15, -0.1) is 10.2 Å². The third-order valence-electron chi connectivity index (χ3n) is 6.45. The molecule has 29 heavy (non-hydrogen) atoms. The number of piperidine rings is 1. The summed E-state index contributed by atoms with van der Waals surface area (Å²) in [5.74, 6) is 2.36. The van der Waals surface area contributed by atoms with Crippen LogP contribution in [0.5, 0.6) is 0 Å². The molecule has 3 aromatic rings. The van der Waals surface area contributed by atoms with Crippen LogP contribution in [0.1, 0.15) is 36.6 Å². The van der Waals surface area contributed by atoms with Crippen LogP contribution in [0.25, 0.3) is 16.5 Å². The first-order chi connectivity index (χ1) is 14.1. The molecule has 1 saturated heterocycles. The highest BCUT2D eigenvalue weighted by atomic mass is 19.1. The van der Waals surface area contributed by atoms with E-state index in [1.165, 1.54) is 17.2 Å². The minimum Gasteiger partial charge on any atom is -0.360 e. The Labute approximate surface area is 170 Å². The number of aromatic amines is 1. The van der Waals surface area contributed by atoms with Crippen LogP contribution in [-0.4, -0.2) is 57.9 Å². The van der Waals surface area contributed by atoms with Crippen LogP contribution in [-0.2, 0) is 7.05 Å². The molecule has 1 aromatic carbocycles. The van der Waals surface area contributed by atoms with Gasteiger partial charge in [-0.05, 0) is 63.2 Å². The molecule has 0 amide bonds. The number of rotatable bonds is 3. The third-order valence-corrected chi connectivity index (χ3v) is 6.45. The molecular formula is C22H27FN6. The Hall–Kier alpha value is -2.67. The lowest BCUT2D eigenvalue weighted by Crippen LogP contribution is -2.32. The zero-order valence-corrected chi connectivity index (χ0v) is 17.0. The molecule has 0 aliphatic carbocycles. The molecule has 152 valence electrons. The lowest BCUT2D eigenvalue weighted by molar-refractivity contribution is 0.249. The fraction of sp³-hybridized carbons (Fsp3) is 0.455. The van der Waals surface area contributed by atoms with Gasteiger partial charge in [0.15, 0.2) is 0 Å². The average Bonchev–Trinajstić information content (AvgIpc) is 3.32. The van der Waals surface area contributed by atoms with Gasteiger partial charge in [-0.25, -0.2) is 4.39 Å². The number of likely N-dealkylation sites (tertiary alicyclic amines) is 1. The molecule has 0 bridgehead atoms. The number of fused-ring (bicyclic) bond motifs is 1. The lowest BCUT2D eigenvalue weighted by Gasteiger charge is -2.29. The van der Waals surface area contributed by atoms with E-state index < -0.39 is 0 Å². The maximum Gasteiger partial charge on any atom is 0.227 e. The van der Waals surface area contributed by atoms with Crippen LogP contribution in [0.4, 0.5) is 10.3 Å². The minimum atomic E-state index is -0.211. The molecule has 5 rings (SSSR count). The predicted molar refractivity (Wildman–Crippen MR) is 114 cm³/mol. The molecule has 0 unspecified atom stereocenters. The van der Waals surface area contributed by atoms with Crippen LogP contribution < -0.4 is 4.90 Å². The number of aromatic nitrogens is 4. The highest BCUT2D eigenvalue weighted by Gasteiger charge is 2.26. The van der Waals surface area contributed by atoms with Crippen molar-refractivity contribution in [2.24, 2.45) is 7.05 Å². The third kappa shape index (κ3) is 3.33. The fourth-order valence-corrected chi connectivity index (χ4v) is 4.69. The van der Waals surface area contributed by atoms with Crippen molar-refractivity contribution in [1.82, 2.24) is 24.6 Å². The molecule has 2 aliphatic rings. The molecular weight excluding hydrogens is 367 g/mol. The van der Waals surface area contributed by atoms with E-state index in [-0.39, 0.29) is 5.82 Å². The van der Waals surface area contributed by atoms with Gasteiger partial charge in [0.05, 0.1) is 0 Å². The molecule has 2 aromatic heterocycles. The first-order valence-corrected chi connectivity index (χ1v) is 10.4. The fourth-order valence-electron chi connectivity index (χ4n) is 4.69. The summed E-state index contributed by atoms with van der Waals surface area (Å²) in [6, 6.07) is 4.94. The van der Waals surface area contributed by atoms with Crippen molar-refractivity contribution in [3.8, 4) is 0 Å². The predicted octanol–water partition coefficient (Wildman–Crippen LogP) is 3.54. The van der Waals surface area contributed by atoms with Crippen LogP contribution in [0.2, 0.25) is 0 Å². The first kappa shape index (κ1) is 18.4. The molecule has 0 atom stereocenters. The monoisotopic (exact) mass is 394 g/mol. The number of nitrogens with one attached hydrogen (secondary N) is 1. The van der Waals surface area contributed by atoms with E-state index in [2.05, 4.69) is 49.7 Å². The number of benzene rings is 1. The van der Waals surface area contributed by atoms with Crippen molar-refractivity contribution in [2.45, 2.75) is 25.2 Å². The van der Waals surface area contributed by atoms with Gasteiger partial charge in [0, 0.05) is 48.7 Å². The Morgan fingerprint density at radius 3 is 2.69 bits per heavy atom. The first-order valence-electron chi connectivity index (χ1n) is 10.4. The summed E-state index contributed by atoms with van der Waals surface area (Å²) in [4.78, 5) is 7.87. The molecule has 1 N–H and O–H groups in total. The topological polar surface area (TPSA) is 53.0 Å². The van der Waals surface area contributed by atoms with Gasteiger partial charge in [-0.1, -0.05) is 6.08 Å². The summed E-state index contributed by atoms with van der Waals surface area (Å²) in [6.07, 6.45) is 7.48. The van der Waals surface area contributed by atoms with E-state index in [1.807, 2.05) is 12.3 Å². The van der Waals surface area contributed by atoms with E-state index in [0.717, 1.165) is 68.1 Å². The summed E-state index contributed by atoms with van der Waals surface area (Å²) in [6.45, 7) is 3.95. The molecule has 0 spiro atoms. The Bertz CT molecular complexity index is 1060. The van der Waals surface area contributed by atoms with E-state index in [1.54, 1.807) is 6.07 Å². The highest BCUT2D eigenvalue weighted by molar-refractivity contribution is 5.93. The Balaban J connectivity index is 1.34. The molecule has 4 heterocycles. The van der Waals surface area contributed by atoms with Crippen molar-refractivity contribution in [1.29, 1.82) is 0 Å². The van der Waals surface area contributed by atoms with Gasteiger partial charge in [0.2, 0.25) is 5.95 Å². The molecule has 2 aliphatic heterocycles. The van der Waals surface area contributed by atoms with Gasteiger partial charge in [0.25, 0.3) is 0 Å². The minimum absolute atomic E-state index is 0.211. The summed E-state index contributed by atoms with van der Waals surface area (Å²) in [7, 11) is 4.27. The molecule has 6 nitrogen and oxygen atoms in total. The smallest absolute Gasteiger partial charge is 0.227 e. The number of hydrogen-bond donors (Lipinski definition) is 1. The van der Waals surface area contributed by atoms with Gasteiger partial charge in [-0.2, -0.15) is 0 Å². The normalized spacial score (nSPS) is 19.1. The number of halogens is 1. The second-order valence-electron chi connectivity index (χ2n) is 8.31. The number of hydrogen-bond acceptors (Lipinski definition) is 4. The average molecular weight is 394 g/mol. The van der Waals surface area contributed by atoms with Gasteiger partial charge < -0.3 is 19.4 Å². The Kier molecular flexibility index (Phi) is 4.62. The molecule has 0 radical (unpaired) electrons. The summed E-state index contributed by atoms with van der Waals surface area (Å²) in [5.41, 5.74) is 3.32. The van der Waals surface area contributed by atoms with Crippen molar-refractivity contribution < 1.29 is 4.39 Å². The van der Waals surface area contributed by atoms with E-state index in [4.69, 9.17) is 0 Å². The van der Waals surface area contributed by atoms with Gasteiger partial charge >= 0.3 is 0 Å². The van der Waals surface area contributed by atoms with E-state index in [9.17, 15) is 4.39 Å². The molecule has 1 fully saturated rings. The van der Waals surface area contributed by atoms with Gasteiger partial charge in [-0.3, -0.25) is 0 Å². The second-order valence-corrected chi connectivity index (χ2v) is 8.31. The van der Waals surface area contributed by atoms with Crippen molar-refractivity contribution >= 4 is 22.4 Å². The summed E-state index contributed by atoms with van der Waals surface area (Å²) in [5, 5.41) is 10.2. The molecule has 7 heteroatoms. The van der Waals surface area contributed by atoms with Crippen LogP contribution >= 0.6 is 0 Å². The lowest BCUT2D eigenvalue weighted by atomic mass is 9.96.